The number of alkyl halides is 2. The van der Waals surface area contributed by atoms with Crippen LogP contribution in [0.25, 0.3) is 0 Å². The van der Waals surface area contributed by atoms with Crippen molar-refractivity contribution >= 4 is 23.2 Å². The highest BCUT2D eigenvalue weighted by Gasteiger charge is 2.22. The third kappa shape index (κ3) is 4.78. The van der Waals surface area contributed by atoms with Crippen molar-refractivity contribution in [3.05, 3.63) is 51.7 Å². The first kappa shape index (κ1) is 18.3. The molecule has 1 aromatic heterocycles. The van der Waals surface area contributed by atoms with E-state index in [-0.39, 0.29) is 24.7 Å². The fraction of sp³-hybridized carbons (Fsp3) is 0.333. The number of amides is 1. The molecule has 2 heterocycles. The lowest BCUT2D eigenvalue weighted by Crippen LogP contribution is -2.38. The normalized spacial score (nSPS) is 13.4. The van der Waals surface area contributed by atoms with E-state index in [2.05, 4.69) is 4.74 Å². The van der Waals surface area contributed by atoms with Gasteiger partial charge in [-0.2, -0.15) is 8.78 Å². The second-order valence-electron chi connectivity index (χ2n) is 5.79. The Balaban J connectivity index is 1.44. The first-order valence-electron chi connectivity index (χ1n) is 8.03. The predicted octanol–water partition coefficient (Wildman–Crippen LogP) is 3.02. The summed E-state index contributed by atoms with van der Waals surface area (Å²) in [6, 6.07) is 7.72. The SMILES string of the molecule is O=C(Cc1ccc(OC(F)F)cc1)OCC(=O)N1CCc2sccc2C1. The van der Waals surface area contributed by atoms with Crippen LogP contribution < -0.4 is 4.74 Å². The highest BCUT2D eigenvalue weighted by atomic mass is 32.1. The summed E-state index contributed by atoms with van der Waals surface area (Å²) >= 11 is 1.69. The minimum atomic E-state index is -2.89. The molecule has 0 saturated heterocycles. The molecule has 0 atom stereocenters. The van der Waals surface area contributed by atoms with Crippen LogP contribution in [0, 0.1) is 0 Å². The summed E-state index contributed by atoms with van der Waals surface area (Å²) in [6.07, 6.45) is 0.774. The number of carbonyl (C=O) groups is 2. The molecule has 0 N–H and O–H groups in total. The van der Waals surface area contributed by atoms with Crippen LogP contribution in [0.1, 0.15) is 16.0 Å². The van der Waals surface area contributed by atoms with Gasteiger partial charge in [-0.1, -0.05) is 12.1 Å². The Kier molecular flexibility index (Phi) is 5.82. The van der Waals surface area contributed by atoms with Crippen molar-refractivity contribution in [1.82, 2.24) is 4.90 Å². The third-order valence-corrected chi connectivity index (χ3v) is 5.04. The first-order valence-corrected chi connectivity index (χ1v) is 8.91. The van der Waals surface area contributed by atoms with Gasteiger partial charge in [-0.3, -0.25) is 9.59 Å². The van der Waals surface area contributed by atoms with Crippen LogP contribution in [-0.4, -0.2) is 36.5 Å². The number of thiophene rings is 1. The molecule has 0 unspecified atom stereocenters. The van der Waals surface area contributed by atoms with E-state index in [1.165, 1.54) is 29.1 Å². The molecule has 0 saturated carbocycles. The van der Waals surface area contributed by atoms with Crippen LogP contribution in [-0.2, 0) is 33.7 Å². The summed E-state index contributed by atoms with van der Waals surface area (Å²) in [7, 11) is 0. The second kappa shape index (κ2) is 8.27. The fourth-order valence-corrected chi connectivity index (χ4v) is 3.59. The lowest BCUT2D eigenvalue weighted by molar-refractivity contribution is -0.151. The summed E-state index contributed by atoms with van der Waals surface area (Å²) in [5.74, 6) is -0.754. The van der Waals surface area contributed by atoms with Crippen LogP contribution in [0.2, 0.25) is 0 Å². The predicted molar refractivity (Wildman–Crippen MR) is 91.2 cm³/mol. The summed E-state index contributed by atoms with van der Waals surface area (Å²) in [5.41, 5.74) is 1.73. The van der Waals surface area contributed by atoms with Crippen LogP contribution in [0.4, 0.5) is 8.78 Å². The number of ether oxygens (including phenoxy) is 2. The van der Waals surface area contributed by atoms with Crippen molar-refractivity contribution in [2.24, 2.45) is 0 Å². The molecule has 26 heavy (non-hydrogen) atoms. The number of rotatable bonds is 6. The zero-order valence-electron chi connectivity index (χ0n) is 13.8. The fourth-order valence-electron chi connectivity index (χ4n) is 2.70. The number of benzene rings is 1. The Morgan fingerprint density at radius 1 is 1.19 bits per heavy atom. The van der Waals surface area contributed by atoms with Gasteiger partial charge in [0.1, 0.15) is 5.75 Å². The van der Waals surface area contributed by atoms with E-state index in [0.29, 0.717) is 18.7 Å². The smallest absolute Gasteiger partial charge is 0.387 e. The van der Waals surface area contributed by atoms with Gasteiger partial charge in [0, 0.05) is 18.0 Å². The summed E-state index contributed by atoms with van der Waals surface area (Å²) < 4.78 is 33.5. The quantitative estimate of drug-likeness (QED) is 0.722. The third-order valence-electron chi connectivity index (χ3n) is 4.01. The van der Waals surface area contributed by atoms with E-state index in [4.69, 9.17) is 4.74 Å². The van der Waals surface area contributed by atoms with Gasteiger partial charge in [0.25, 0.3) is 5.91 Å². The molecule has 0 bridgehead atoms. The van der Waals surface area contributed by atoms with Crippen molar-refractivity contribution in [1.29, 1.82) is 0 Å². The van der Waals surface area contributed by atoms with Crippen LogP contribution in [0.15, 0.2) is 35.7 Å². The maximum absolute atomic E-state index is 12.2. The summed E-state index contributed by atoms with van der Waals surface area (Å²) in [6.45, 7) is -2.03. The van der Waals surface area contributed by atoms with Gasteiger partial charge in [0.05, 0.1) is 6.42 Å². The van der Waals surface area contributed by atoms with Crippen LogP contribution in [0.3, 0.4) is 0 Å². The molecule has 0 spiro atoms. The molecule has 2 aromatic rings. The van der Waals surface area contributed by atoms with E-state index in [9.17, 15) is 18.4 Å². The van der Waals surface area contributed by atoms with Crippen molar-refractivity contribution in [2.45, 2.75) is 26.0 Å². The highest BCUT2D eigenvalue weighted by molar-refractivity contribution is 7.10. The molecule has 1 aliphatic rings. The Morgan fingerprint density at radius 2 is 1.96 bits per heavy atom. The van der Waals surface area contributed by atoms with Gasteiger partial charge < -0.3 is 14.4 Å². The van der Waals surface area contributed by atoms with Gasteiger partial charge in [0.15, 0.2) is 6.61 Å². The minimum Gasteiger partial charge on any atom is -0.455 e. The molecule has 5 nitrogen and oxygen atoms in total. The van der Waals surface area contributed by atoms with Crippen molar-refractivity contribution in [3.8, 4) is 5.75 Å². The average molecular weight is 381 g/mol. The maximum atomic E-state index is 12.2. The van der Waals surface area contributed by atoms with Gasteiger partial charge in [0.2, 0.25) is 0 Å². The van der Waals surface area contributed by atoms with Crippen molar-refractivity contribution < 1.29 is 27.8 Å². The largest absolute Gasteiger partial charge is 0.455 e. The second-order valence-corrected chi connectivity index (χ2v) is 6.79. The number of carbonyl (C=O) groups excluding carboxylic acids is 2. The summed E-state index contributed by atoms with van der Waals surface area (Å²) in [4.78, 5) is 27.1. The highest BCUT2D eigenvalue weighted by Crippen LogP contribution is 2.24. The Morgan fingerprint density at radius 3 is 2.69 bits per heavy atom. The lowest BCUT2D eigenvalue weighted by atomic mass is 10.1. The monoisotopic (exact) mass is 381 g/mol. The van der Waals surface area contributed by atoms with Gasteiger partial charge >= 0.3 is 12.6 Å². The van der Waals surface area contributed by atoms with Gasteiger partial charge in [-0.25, -0.2) is 0 Å². The Bertz CT molecular complexity index is 776. The lowest BCUT2D eigenvalue weighted by Gasteiger charge is -2.26. The molecule has 1 aliphatic heterocycles. The molecule has 3 rings (SSSR count). The molecule has 1 aromatic carbocycles. The van der Waals surface area contributed by atoms with Gasteiger partial charge in [-0.05, 0) is 41.1 Å². The summed E-state index contributed by atoms with van der Waals surface area (Å²) in [5, 5.41) is 2.01. The van der Waals surface area contributed by atoms with Crippen LogP contribution >= 0.6 is 11.3 Å². The van der Waals surface area contributed by atoms with E-state index >= 15 is 0 Å². The number of esters is 1. The number of fused-ring (bicyclic) bond motifs is 1. The number of hydrogen-bond acceptors (Lipinski definition) is 5. The number of nitrogens with zero attached hydrogens (tertiary/aromatic N) is 1. The molecule has 138 valence electrons. The van der Waals surface area contributed by atoms with E-state index in [1.54, 1.807) is 16.2 Å². The zero-order chi connectivity index (χ0) is 18.5. The Labute approximate surface area is 153 Å². The molecular formula is C18H17F2NO4S. The maximum Gasteiger partial charge on any atom is 0.387 e. The average Bonchev–Trinajstić information content (AvgIpc) is 3.08. The van der Waals surface area contributed by atoms with E-state index < -0.39 is 12.6 Å². The molecule has 0 aliphatic carbocycles. The Hall–Kier alpha value is -2.48. The van der Waals surface area contributed by atoms with Crippen LogP contribution in [0.5, 0.6) is 5.75 Å². The zero-order valence-corrected chi connectivity index (χ0v) is 14.6. The molecule has 0 radical (unpaired) electrons. The van der Waals surface area contributed by atoms with E-state index in [1.807, 2.05) is 11.4 Å². The van der Waals surface area contributed by atoms with Crippen molar-refractivity contribution in [2.75, 3.05) is 13.2 Å². The van der Waals surface area contributed by atoms with E-state index in [0.717, 1.165) is 12.0 Å². The first-order chi connectivity index (χ1) is 12.5. The topological polar surface area (TPSA) is 55.8 Å². The standard InChI is InChI=1S/C18H17F2NO4S/c19-18(20)25-14-3-1-12(2-4-14)9-17(23)24-11-16(22)21-7-5-15-13(10-21)6-8-26-15/h1-4,6,8,18H,5,7,9-11H2. The number of halogens is 2. The molecular weight excluding hydrogens is 364 g/mol. The van der Waals surface area contributed by atoms with Crippen molar-refractivity contribution in [3.63, 3.8) is 0 Å². The molecule has 1 amide bonds. The molecule has 0 fully saturated rings. The van der Waals surface area contributed by atoms with Gasteiger partial charge in [-0.15, -0.1) is 11.3 Å². The minimum absolute atomic E-state index is 0.0187. The molecule has 8 heteroatoms. The number of hydrogen-bond donors (Lipinski definition) is 0.